The summed E-state index contributed by atoms with van der Waals surface area (Å²) in [6.07, 6.45) is 0. The Bertz CT molecular complexity index is 1220. The zero-order valence-electron chi connectivity index (χ0n) is 15.9. The standard InChI is InChI=1S/C21H18N4O4/c1-28-13-8-9-15-14(10-13)16-17(23-15)19(25-24-18(16)21(27)29-2)20(26)22-11-12-6-4-3-5-7-12/h3-10,23H,11H2,1-2H3,(H,22,26). The molecule has 2 aromatic heterocycles. The lowest BCUT2D eigenvalue weighted by molar-refractivity contribution is 0.0594. The first-order chi connectivity index (χ1) is 14.1. The number of ether oxygens (including phenoxy) is 2. The molecule has 0 atom stereocenters. The van der Waals surface area contributed by atoms with Crippen LogP contribution in [0.5, 0.6) is 5.75 Å². The lowest BCUT2D eigenvalue weighted by Gasteiger charge is -2.07. The minimum Gasteiger partial charge on any atom is -0.497 e. The highest BCUT2D eigenvalue weighted by Gasteiger charge is 2.23. The van der Waals surface area contributed by atoms with Crippen LogP contribution >= 0.6 is 0 Å². The maximum atomic E-state index is 12.8. The van der Waals surface area contributed by atoms with Crippen molar-refractivity contribution in [2.75, 3.05) is 14.2 Å². The molecule has 4 aromatic rings. The molecule has 8 heteroatoms. The minimum atomic E-state index is -0.637. The second-order valence-electron chi connectivity index (χ2n) is 6.34. The molecule has 1 amide bonds. The Morgan fingerprint density at radius 1 is 1.03 bits per heavy atom. The second-order valence-corrected chi connectivity index (χ2v) is 6.34. The number of esters is 1. The molecule has 0 saturated carbocycles. The van der Waals surface area contributed by atoms with Crippen LogP contribution in [0.3, 0.4) is 0 Å². The second kappa shape index (κ2) is 7.59. The highest BCUT2D eigenvalue weighted by Crippen LogP contribution is 2.31. The van der Waals surface area contributed by atoms with Crippen molar-refractivity contribution in [2.45, 2.75) is 6.54 Å². The molecular formula is C21H18N4O4. The summed E-state index contributed by atoms with van der Waals surface area (Å²) >= 11 is 0. The van der Waals surface area contributed by atoms with Gasteiger partial charge in [-0.3, -0.25) is 4.79 Å². The molecule has 8 nitrogen and oxygen atoms in total. The van der Waals surface area contributed by atoms with Crippen LogP contribution in [0.2, 0.25) is 0 Å². The SMILES string of the molecule is COC(=O)c1nnc(C(=O)NCc2ccccc2)c2[nH]c3ccc(OC)cc3c12. The molecule has 29 heavy (non-hydrogen) atoms. The average molecular weight is 390 g/mol. The normalized spacial score (nSPS) is 10.8. The molecule has 0 radical (unpaired) electrons. The van der Waals surface area contributed by atoms with Crippen LogP contribution in [0, 0.1) is 0 Å². The van der Waals surface area contributed by atoms with E-state index in [9.17, 15) is 9.59 Å². The molecule has 0 aliphatic heterocycles. The number of hydrogen-bond donors (Lipinski definition) is 2. The first-order valence-electron chi connectivity index (χ1n) is 8.89. The van der Waals surface area contributed by atoms with E-state index in [0.717, 1.165) is 11.1 Å². The molecule has 0 saturated heterocycles. The number of amides is 1. The average Bonchev–Trinajstić information content (AvgIpc) is 3.15. The van der Waals surface area contributed by atoms with Crippen LogP contribution in [0.4, 0.5) is 0 Å². The van der Waals surface area contributed by atoms with Gasteiger partial charge in [0.1, 0.15) is 5.75 Å². The number of benzene rings is 2. The summed E-state index contributed by atoms with van der Waals surface area (Å²) in [6.45, 7) is 0.343. The van der Waals surface area contributed by atoms with Crippen LogP contribution in [-0.4, -0.2) is 41.3 Å². The number of H-pyrrole nitrogens is 1. The van der Waals surface area contributed by atoms with Gasteiger partial charge < -0.3 is 19.8 Å². The number of carbonyl (C=O) groups is 2. The quantitative estimate of drug-likeness (QED) is 0.508. The van der Waals surface area contributed by atoms with Crippen molar-refractivity contribution < 1.29 is 19.1 Å². The van der Waals surface area contributed by atoms with Gasteiger partial charge >= 0.3 is 5.97 Å². The fourth-order valence-corrected chi connectivity index (χ4v) is 3.18. The third-order valence-electron chi connectivity index (χ3n) is 4.62. The van der Waals surface area contributed by atoms with Crippen molar-refractivity contribution >= 4 is 33.7 Å². The number of aromatic nitrogens is 3. The molecule has 0 aliphatic rings. The van der Waals surface area contributed by atoms with E-state index < -0.39 is 11.9 Å². The lowest BCUT2D eigenvalue weighted by Crippen LogP contribution is -2.25. The highest BCUT2D eigenvalue weighted by atomic mass is 16.5. The first-order valence-corrected chi connectivity index (χ1v) is 8.89. The minimum absolute atomic E-state index is 0.0293. The predicted octanol–water partition coefficient (Wildman–Crippen LogP) is 2.84. The van der Waals surface area contributed by atoms with Gasteiger partial charge in [-0.2, -0.15) is 0 Å². The van der Waals surface area contributed by atoms with Gasteiger partial charge in [0.2, 0.25) is 0 Å². The van der Waals surface area contributed by atoms with Gasteiger partial charge in [-0.15, -0.1) is 10.2 Å². The number of hydrogen-bond acceptors (Lipinski definition) is 6. The van der Waals surface area contributed by atoms with Crippen LogP contribution in [-0.2, 0) is 11.3 Å². The van der Waals surface area contributed by atoms with E-state index in [1.165, 1.54) is 7.11 Å². The van der Waals surface area contributed by atoms with E-state index in [-0.39, 0.29) is 11.4 Å². The molecule has 0 bridgehead atoms. The Labute approximate surface area is 165 Å². The maximum Gasteiger partial charge on any atom is 0.359 e. The summed E-state index contributed by atoms with van der Waals surface area (Å²) in [6, 6.07) is 14.9. The molecular weight excluding hydrogens is 372 g/mol. The molecule has 2 N–H and O–H groups in total. The number of carbonyl (C=O) groups excluding carboxylic acids is 2. The zero-order chi connectivity index (χ0) is 20.4. The highest BCUT2D eigenvalue weighted by molar-refractivity contribution is 6.19. The van der Waals surface area contributed by atoms with E-state index >= 15 is 0 Å². The molecule has 4 rings (SSSR count). The predicted molar refractivity (Wildman–Crippen MR) is 107 cm³/mol. The number of aromatic amines is 1. The van der Waals surface area contributed by atoms with Crippen molar-refractivity contribution in [3.63, 3.8) is 0 Å². The molecule has 0 spiro atoms. The van der Waals surface area contributed by atoms with Gasteiger partial charge in [0, 0.05) is 22.8 Å². The fourth-order valence-electron chi connectivity index (χ4n) is 3.18. The van der Waals surface area contributed by atoms with Crippen LogP contribution in [0.15, 0.2) is 48.5 Å². The summed E-state index contributed by atoms with van der Waals surface area (Å²) < 4.78 is 10.1. The summed E-state index contributed by atoms with van der Waals surface area (Å²) in [5, 5.41) is 12.0. The van der Waals surface area contributed by atoms with Crippen LogP contribution < -0.4 is 10.1 Å². The molecule has 0 unspecified atom stereocenters. The molecule has 0 aliphatic carbocycles. The number of nitrogens with one attached hydrogen (secondary N) is 2. The maximum absolute atomic E-state index is 12.8. The Morgan fingerprint density at radius 3 is 2.52 bits per heavy atom. The van der Waals surface area contributed by atoms with Gasteiger partial charge in [-0.05, 0) is 23.8 Å². The monoisotopic (exact) mass is 390 g/mol. The van der Waals surface area contributed by atoms with Crippen molar-refractivity contribution in [3.8, 4) is 5.75 Å². The smallest absolute Gasteiger partial charge is 0.359 e. The van der Waals surface area contributed by atoms with E-state index in [1.54, 1.807) is 25.3 Å². The fraction of sp³-hybridized carbons (Fsp3) is 0.143. The third kappa shape index (κ3) is 3.36. The van der Waals surface area contributed by atoms with E-state index in [2.05, 4.69) is 20.5 Å². The van der Waals surface area contributed by atoms with Crippen LogP contribution in [0.1, 0.15) is 26.5 Å². The molecule has 0 fully saturated rings. The van der Waals surface area contributed by atoms with Crippen LogP contribution in [0.25, 0.3) is 21.8 Å². The first kappa shape index (κ1) is 18.4. The summed E-state index contributed by atoms with van der Waals surface area (Å²) in [7, 11) is 2.82. The number of fused-ring (bicyclic) bond motifs is 3. The molecule has 2 aromatic carbocycles. The summed E-state index contributed by atoms with van der Waals surface area (Å²) in [5.41, 5.74) is 2.21. The van der Waals surface area contributed by atoms with Crippen molar-refractivity contribution in [1.29, 1.82) is 0 Å². The number of methoxy groups -OCH3 is 2. The number of nitrogens with zero attached hydrogens (tertiary/aromatic N) is 2. The topological polar surface area (TPSA) is 106 Å². The molecule has 146 valence electrons. The number of rotatable bonds is 5. The zero-order valence-corrected chi connectivity index (χ0v) is 15.9. The van der Waals surface area contributed by atoms with Gasteiger partial charge in [-0.1, -0.05) is 30.3 Å². The van der Waals surface area contributed by atoms with E-state index in [4.69, 9.17) is 9.47 Å². The van der Waals surface area contributed by atoms with Gasteiger partial charge in [0.15, 0.2) is 11.4 Å². The Hall–Kier alpha value is -3.94. The van der Waals surface area contributed by atoms with Crippen molar-refractivity contribution in [2.24, 2.45) is 0 Å². The van der Waals surface area contributed by atoms with Crippen molar-refractivity contribution in [3.05, 3.63) is 65.5 Å². The van der Waals surface area contributed by atoms with Gasteiger partial charge in [0.05, 0.1) is 19.7 Å². The third-order valence-corrected chi connectivity index (χ3v) is 4.62. The van der Waals surface area contributed by atoms with Gasteiger partial charge in [-0.25, -0.2) is 4.79 Å². The summed E-state index contributed by atoms with van der Waals surface area (Å²) in [5.74, 6) is -0.426. The largest absolute Gasteiger partial charge is 0.497 e. The van der Waals surface area contributed by atoms with E-state index in [1.807, 2.05) is 30.3 Å². The van der Waals surface area contributed by atoms with E-state index in [0.29, 0.717) is 28.6 Å². The summed E-state index contributed by atoms with van der Waals surface area (Å²) in [4.78, 5) is 28.2. The molecule has 2 heterocycles. The van der Waals surface area contributed by atoms with Crippen molar-refractivity contribution in [1.82, 2.24) is 20.5 Å². The Morgan fingerprint density at radius 2 is 1.79 bits per heavy atom. The lowest BCUT2D eigenvalue weighted by atomic mass is 10.1. The Kier molecular flexibility index (Phi) is 4.82. The van der Waals surface area contributed by atoms with Gasteiger partial charge in [0.25, 0.3) is 5.91 Å². The Balaban J connectivity index is 1.82.